The first kappa shape index (κ1) is 13.5. The molecule has 1 aromatic heterocycles. The molecule has 0 atom stereocenters. The minimum absolute atomic E-state index is 0.121. The Hall–Kier alpha value is -0.920. The second kappa shape index (κ2) is 4.99. The minimum Gasteiger partial charge on any atom is -0.325 e. The Morgan fingerprint density at radius 1 is 1.50 bits per heavy atom. The molecular formula is C11H20N4O2S. The summed E-state index contributed by atoms with van der Waals surface area (Å²) in [4.78, 5) is 0.242. The predicted molar refractivity (Wildman–Crippen MR) is 68.4 cm³/mol. The number of H-pyrrole nitrogens is 1. The molecule has 0 amide bonds. The Balaban J connectivity index is 2.25. The maximum absolute atomic E-state index is 12.5. The molecule has 7 heteroatoms. The quantitative estimate of drug-likeness (QED) is 0.821. The standard InChI is InChI=1S/C11H20N4O2S/c1-8-11(10(6-12)14-13-8)18(16,17)15(2)7-9-4-3-5-9/h9H,3-7,12H2,1-2H3,(H,13,14). The number of hydrogen-bond acceptors (Lipinski definition) is 4. The minimum atomic E-state index is -3.48. The first-order valence-corrected chi connectivity index (χ1v) is 7.61. The van der Waals surface area contributed by atoms with Crippen LogP contribution in [-0.2, 0) is 16.6 Å². The molecule has 0 saturated heterocycles. The van der Waals surface area contributed by atoms with Crippen LogP contribution < -0.4 is 5.73 Å². The van der Waals surface area contributed by atoms with Crippen molar-refractivity contribution in [2.24, 2.45) is 11.7 Å². The summed E-state index contributed by atoms with van der Waals surface area (Å²) in [7, 11) is -1.86. The molecule has 18 heavy (non-hydrogen) atoms. The molecule has 0 unspecified atom stereocenters. The van der Waals surface area contributed by atoms with Gasteiger partial charge in [0.25, 0.3) is 0 Å². The van der Waals surface area contributed by atoms with E-state index < -0.39 is 10.0 Å². The molecule has 1 saturated carbocycles. The van der Waals surface area contributed by atoms with Gasteiger partial charge in [-0.25, -0.2) is 12.7 Å². The Kier molecular flexibility index (Phi) is 3.74. The van der Waals surface area contributed by atoms with Crippen LogP contribution in [0.3, 0.4) is 0 Å². The van der Waals surface area contributed by atoms with Gasteiger partial charge in [-0.15, -0.1) is 0 Å². The highest BCUT2D eigenvalue weighted by atomic mass is 32.2. The van der Waals surface area contributed by atoms with E-state index >= 15 is 0 Å². The first-order chi connectivity index (χ1) is 8.46. The molecule has 0 bridgehead atoms. The Labute approximate surface area is 108 Å². The lowest BCUT2D eigenvalue weighted by Crippen LogP contribution is -2.35. The van der Waals surface area contributed by atoms with E-state index in [-0.39, 0.29) is 11.4 Å². The largest absolute Gasteiger partial charge is 0.325 e. The van der Waals surface area contributed by atoms with Crippen molar-refractivity contribution in [3.8, 4) is 0 Å². The van der Waals surface area contributed by atoms with E-state index in [9.17, 15) is 8.42 Å². The molecule has 1 fully saturated rings. The van der Waals surface area contributed by atoms with E-state index in [1.54, 1.807) is 14.0 Å². The van der Waals surface area contributed by atoms with Crippen LogP contribution in [0.5, 0.6) is 0 Å². The Bertz CT molecular complexity index is 519. The van der Waals surface area contributed by atoms with Crippen LogP contribution in [-0.4, -0.2) is 36.5 Å². The third-order valence-corrected chi connectivity index (χ3v) is 5.59. The molecule has 0 spiro atoms. The second-order valence-electron chi connectivity index (χ2n) is 4.91. The van der Waals surface area contributed by atoms with E-state index in [0.29, 0.717) is 23.9 Å². The number of hydrogen-bond donors (Lipinski definition) is 2. The zero-order valence-electron chi connectivity index (χ0n) is 10.8. The predicted octanol–water partition coefficient (Wildman–Crippen LogP) is 0.597. The normalized spacial score (nSPS) is 17.1. The van der Waals surface area contributed by atoms with Crippen LogP contribution in [0, 0.1) is 12.8 Å². The highest BCUT2D eigenvalue weighted by Crippen LogP contribution is 2.29. The van der Waals surface area contributed by atoms with Crippen molar-refractivity contribution in [1.29, 1.82) is 0 Å². The molecule has 1 aliphatic rings. The lowest BCUT2D eigenvalue weighted by molar-refractivity contribution is 0.263. The van der Waals surface area contributed by atoms with E-state index in [4.69, 9.17) is 5.73 Å². The molecule has 0 aromatic carbocycles. The van der Waals surface area contributed by atoms with Gasteiger partial charge in [-0.3, -0.25) is 5.10 Å². The summed E-state index contributed by atoms with van der Waals surface area (Å²) >= 11 is 0. The zero-order chi connectivity index (χ0) is 13.3. The lowest BCUT2D eigenvalue weighted by atomic mass is 9.86. The lowest BCUT2D eigenvalue weighted by Gasteiger charge is -2.29. The summed E-state index contributed by atoms with van der Waals surface area (Å²) in [6.45, 7) is 2.41. The number of sulfonamides is 1. The van der Waals surface area contributed by atoms with Crippen LogP contribution in [0.15, 0.2) is 4.90 Å². The maximum atomic E-state index is 12.5. The molecule has 0 aliphatic heterocycles. The first-order valence-electron chi connectivity index (χ1n) is 6.17. The van der Waals surface area contributed by atoms with Gasteiger partial charge in [-0.2, -0.15) is 5.10 Å². The summed E-state index contributed by atoms with van der Waals surface area (Å²) in [6, 6.07) is 0. The second-order valence-corrected chi connectivity index (χ2v) is 6.89. The van der Waals surface area contributed by atoms with Gasteiger partial charge in [-0.1, -0.05) is 6.42 Å². The number of aromatic amines is 1. The fraction of sp³-hybridized carbons (Fsp3) is 0.727. The Morgan fingerprint density at radius 2 is 2.17 bits per heavy atom. The summed E-state index contributed by atoms with van der Waals surface area (Å²) < 4.78 is 26.4. The fourth-order valence-electron chi connectivity index (χ4n) is 2.24. The fourth-order valence-corrected chi connectivity index (χ4v) is 3.82. The monoisotopic (exact) mass is 272 g/mol. The van der Waals surface area contributed by atoms with E-state index in [1.807, 2.05) is 0 Å². The van der Waals surface area contributed by atoms with Gasteiger partial charge >= 0.3 is 0 Å². The number of nitrogens with two attached hydrogens (primary N) is 1. The van der Waals surface area contributed by atoms with Gasteiger partial charge in [-0.05, 0) is 25.7 Å². The number of rotatable bonds is 5. The van der Waals surface area contributed by atoms with Gasteiger partial charge in [0.05, 0.1) is 11.4 Å². The van der Waals surface area contributed by atoms with Crippen LogP contribution in [0.25, 0.3) is 0 Å². The SMILES string of the molecule is Cc1[nH]nc(CN)c1S(=O)(=O)N(C)CC1CCC1. The number of aryl methyl sites for hydroxylation is 1. The smallest absolute Gasteiger partial charge is 0.246 e. The van der Waals surface area contributed by atoms with Gasteiger partial charge in [0.15, 0.2) is 0 Å². The number of nitrogens with zero attached hydrogens (tertiary/aromatic N) is 2. The van der Waals surface area contributed by atoms with Crippen molar-refractivity contribution in [1.82, 2.24) is 14.5 Å². The van der Waals surface area contributed by atoms with Crippen LogP contribution >= 0.6 is 0 Å². The summed E-state index contributed by atoms with van der Waals surface area (Å²) in [6.07, 6.45) is 3.44. The molecule has 0 radical (unpaired) electrons. The molecule has 2 rings (SSSR count). The highest BCUT2D eigenvalue weighted by molar-refractivity contribution is 7.89. The molecule has 102 valence electrons. The van der Waals surface area contributed by atoms with Crippen molar-refractivity contribution in [2.45, 2.75) is 37.6 Å². The maximum Gasteiger partial charge on any atom is 0.246 e. The Morgan fingerprint density at radius 3 is 2.67 bits per heavy atom. The van der Waals surface area contributed by atoms with Crippen molar-refractivity contribution in [2.75, 3.05) is 13.6 Å². The van der Waals surface area contributed by atoms with E-state index in [0.717, 1.165) is 12.8 Å². The van der Waals surface area contributed by atoms with Crippen LogP contribution in [0.4, 0.5) is 0 Å². The van der Waals surface area contributed by atoms with Crippen molar-refractivity contribution >= 4 is 10.0 Å². The van der Waals surface area contributed by atoms with Crippen molar-refractivity contribution in [3.05, 3.63) is 11.4 Å². The number of nitrogens with one attached hydrogen (secondary N) is 1. The van der Waals surface area contributed by atoms with Crippen molar-refractivity contribution in [3.63, 3.8) is 0 Å². The topological polar surface area (TPSA) is 92.1 Å². The molecule has 6 nitrogen and oxygen atoms in total. The average molecular weight is 272 g/mol. The highest BCUT2D eigenvalue weighted by Gasteiger charge is 2.30. The van der Waals surface area contributed by atoms with Gasteiger partial charge < -0.3 is 5.73 Å². The van der Waals surface area contributed by atoms with Gasteiger partial charge in [0.1, 0.15) is 4.90 Å². The van der Waals surface area contributed by atoms with Crippen LogP contribution in [0.2, 0.25) is 0 Å². The molecule has 1 aliphatic carbocycles. The van der Waals surface area contributed by atoms with E-state index in [2.05, 4.69) is 10.2 Å². The molecule has 3 N–H and O–H groups in total. The van der Waals surface area contributed by atoms with Crippen LogP contribution in [0.1, 0.15) is 30.7 Å². The third-order valence-electron chi connectivity index (χ3n) is 3.56. The third kappa shape index (κ3) is 2.30. The summed E-state index contributed by atoms with van der Waals surface area (Å²) in [5.74, 6) is 0.498. The molecule has 1 heterocycles. The molecular weight excluding hydrogens is 252 g/mol. The number of aromatic nitrogens is 2. The zero-order valence-corrected chi connectivity index (χ0v) is 11.6. The average Bonchev–Trinajstić information content (AvgIpc) is 2.64. The van der Waals surface area contributed by atoms with Gasteiger partial charge in [0.2, 0.25) is 10.0 Å². The summed E-state index contributed by atoms with van der Waals surface area (Å²) in [5.41, 5.74) is 6.50. The van der Waals surface area contributed by atoms with Crippen molar-refractivity contribution < 1.29 is 8.42 Å². The van der Waals surface area contributed by atoms with E-state index in [1.165, 1.54) is 10.7 Å². The molecule has 1 aromatic rings. The van der Waals surface area contributed by atoms with Gasteiger partial charge in [0, 0.05) is 20.1 Å². The summed E-state index contributed by atoms with van der Waals surface area (Å²) in [5, 5.41) is 6.63.